The summed E-state index contributed by atoms with van der Waals surface area (Å²) in [7, 11) is 3.18. The molecule has 0 aromatic heterocycles. The lowest BCUT2D eigenvalue weighted by atomic mass is 9.69. The molecule has 7 nitrogen and oxygen atoms in total. The van der Waals surface area contributed by atoms with E-state index in [1.165, 1.54) is 0 Å². The number of ether oxygens (including phenoxy) is 2. The molecule has 164 valence electrons. The van der Waals surface area contributed by atoms with Gasteiger partial charge in [0, 0.05) is 48.3 Å². The molecule has 1 heterocycles. The van der Waals surface area contributed by atoms with Gasteiger partial charge in [-0.3, -0.25) is 15.1 Å². The van der Waals surface area contributed by atoms with Crippen molar-refractivity contribution >= 4 is 23.3 Å². The van der Waals surface area contributed by atoms with Crippen molar-refractivity contribution in [3.05, 3.63) is 52.1 Å². The fraction of sp³-hybridized carbons (Fsp3) is 0.458. The minimum Gasteiger partial charge on any atom is -0.497 e. The Morgan fingerprint density at radius 1 is 1.13 bits per heavy atom. The van der Waals surface area contributed by atoms with E-state index in [9.17, 15) is 10.1 Å². The van der Waals surface area contributed by atoms with E-state index in [2.05, 4.69) is 30.7 Å². The Morgan fingerprint density at radius 3 is 2.48 bits per heavy atom. The average molecular weight is 424 g/mol. The summed E-state index contributed by atoms with van der Waals surface area (Å²) in [5.74, 6) is 1.26. The minimum atomic E-state index is -0.365. The van der Waals surface area contributed by atoms with Gasteiger partial charge in [0.1, 0.15) is 17.2 Å². The van der Waals surface area contributed by atoms with E-state index in [-0.39, 0.29) is 16.0 Å². The molecule has 0 amide bonds. The van der Waals surface area contributed by atoms with Crippen LogP contribution in [0.2, 0.25) is 0 Å². The van der Waals surface area contributed by atoms with Gasteiger partial charge in [0.2, 0.25) is 0 Å². The first-order valence-corrected chi connectivity index (χ1v) is 10.5. The fourth-order valence-corrected chi connectivity index (χ4v) is 5.04. The molecule has 2 aromatic carbocycles. The smallest absolute Gasteiger partial charge is 0.270 e. The monoisotopic (exact) mass is 423 g/mol. The standard InChI is InChI=1S/C24H29N3O4/c1-23(2)12-18-13-24(23,3)15-26(18)21-9-6-17(27(28)29)10-16(21)14-25-20-8-7-19(30-4)11-22(20)31-5/h6-11,14,18H,12-13,15H2,1-5H3/t18-,24-/m1/s1. The predicted molar refractivity (Wildman–Crippen MR) is 122 cm³/mol. The van der Waals surface area contributed by atoms with Gasteiger partial charge >= 0.3 is 0 Å². The second-order valence-corrected chi connectivity index (χ2v) is 9.43. The van der Waals surface area contributed by atoms with Gasteiger partial charge in [0.15, 0.2) is 0 Å². The quantitative estimate of drug-likeness (QED) is 0.354. The summed E-state index contributed by atoms with van der Waals surface area (Å²) in [5.41, 5.74) is 2.94. The Hall–Kier alpha value is -3.09. The highest BCUT2D eigenvalue weighted by molar-refractivity contribution is 5.91. The van der Waals surface area contributed by atoms with Gasteiger partial charge in [-0.15, -0.1) is 0 Å². The number of rotatable bonds is 6. The van der Waals surface area contributed by atoms with Gasteiger partial charge < -0.3 is 14.4 Å². The summed E-state index contributed by atoms with van der Waals surface area (Å²) in [6.45, 7) is 7.99. The van der Waals surface area contributed by atoms with Crippen molar-refractivity contribution in [2.24, 2.45) is 15.8 Å². The first-order chi connectivity index (χ1) is 14.7. The lowest BCUT2D eigenvalue weighted by molar-refractivity contribution is -0.384. The minimum absolute atomic E-state index is 0.0581. The summed E-state index contributed by atoms with van der Waals surface area (Å²) in [6, 6.07) is 10.9. The van der Waals surface area contributed by atoms with Crippen molar-refractivity contribution in [2.75, 3.05) is 25.7 Å². The Balaban J connectivity index is 1.72. The molecule has 0 unspecified atom stereocenters. The van der Waals surface area contributed by atoms with Crippen LogP contribution in [0, 0.1) is 20.9 Å². The van der Waals surface area contributed by atoms with Gasteiger partial charge in [-0.05, 0) is 41.9 Å². The number of nitrogens with zero attached hydrogens (tertiary/aromatic N) is 3. The maximum atomic E-state index is 11.4. The van der Waals surface area contributed by atoms with E-state index in [0.29, 0.717) is 28.6 Å². The van der Waals surface area contributed by atoms with Crippen LogP contribution in [0.15, 0.2) is 41.4 Å². The zero-order chi connectivity index (χ0) is 22.4. The van der Waals surface area contributed by atoms with Crippen molar-refractivity contribution in [2.45, 2.75) is 39.7 Å². The zero-order valence-electron chi connectivity index (χ0n) is 18.7. The van der Waals surface area contributed by atoms with Crippen molar-refractivity contribution < 1.29 is 14.4 Å². The number of nitro groups is 1. The van der Waals surface area contributed by atoms with Gasteiger partial charge in [-0.25, -0.2) is 0 Å². The molecule has 7 heteroatoms. The number of nitro benzene ring substituents is 1. The van der Waals surface area contributed by atoms with Crippen molar-refractivity contribution in [3.63, 3.8) is 0 Å². The Labute approximate surface area is 182 Å². The summed E-state index contributed by atoms with van der Waals surface area (Å²) < 4.78 is 10.7. The topological polar surface area (TPSA) is 77.2 Å². The number of benzene rings is 2. The lowest BCUT2D eigenvalue weighted by Gasteiger charge is -2.44. The molecular formula is C24H29N3O4. The van der Waals surface area contributed by atoms with Crippen LogP contribution >= 0.6 is 0 Å². The first-order valence-electron chi connectivity index (χ1n) is 10.5. The normalized spacial score (nSPS) is 24.0. The average Bonchev–Trinajstić information content (AvgIpc) is 3.19. The van der Waals surface area contributed by atoms with Gasteiger partial charge in [0.05, 0.1) is 19.1 Å². The van der Waals surface area contributed by atoms with Gasteiger partial charge in [0.25, 0.3) is 5.69 Å². The van der Waals surface area contributed by atoms with E-state index in [1.807, 2.05) is 18.2 Å². The summed E-state index contributed by atoms with van der Waals surface area (Å²) in [4.78, 5) is 18.1. The van der Waals surface area contributed by atoms with Gasteiger partial charge in [-0.2, -0.15) is 0 Å². The van der Waals surface area contributed by atoms with Crippen molar-refractivity contribution in [3.8, 4) is 11.5 Å². The van der Waals surface area contributed by atoms with E-state index in [4.69, 9.17) is 9.47 Å². The lowest BCUT2D eigenvalue weighted by Crippen LogP contribution is -2.44. The molecule has 0 N–H and O–H groups in total. The van der Waals surface area contributed by atoms with Crippen LogP contribution in [-0.2, 0) is 0 Å². The van der Waals surface area contributed by atoms with E-state index >= 15 is 0 Å². The van der Waals surface area contributed by atoms with E-state index in [0.717, 1.165) is 30.6 Å². The van der Waals surface area contributed by atoms with Crippen molar-refractivity contribution in [1.29, 1.82) is 0 Å². The molecule has 1 saturated carbocycles. The largest absolute Gasteiger partial charge is 0.497 e. The summed E-state index contributed by atoms with van der Waals surface area (Å²) in [5, 5.41) is 11.4. The third-order valence-corrected chi connectivity index (χ3v) is 7.29. The Bertz CT molecular complexity index is 1050. The summed E-state index contributed by atoms with van der Waals surface area (Å²) in [6.07, 6.45) is 3.95. The number of fused-ring (bicyclic) bond motifs is 2. The second kappa shape index (κ2) is 7.55. The van der Waals surface area contributed by atoms with Crippen LogP contribution in [0.5, 0.6) is 11.5 Å². The molecule has 0 spiro atoms. The molecule has 4 rings (SSSR count). The molecule has 2 aromatic rings. The third kappa shape index (κ3) is 3.62. The van der Waals surface area contributed by atoms with E-state index < -0.39 is 0 Å². The van der Waals surface area contributed by atoms with Crippen molar-refractivity contribution in [1.82, 2.24) is 0 Å². The number of hydrogen-bond donors (Lipinski definition) is 0. The number of methoxy groups -OCH3 is 2. The maximum absolute atomic E-state index is 11.4. The number of non-ortho nitro benzene ring substituents is 1. The highest BCUT2D eigenvalue weighted by atomic mass is 16.6. The number of anilines is 1. The SMILES string of the molecule is COc1ccc(N=Cc2cc([N+](=O)[O-])ccc2N2C[C@@]3(C)C[C@H]2CC3(C)C)c(OC)c1. The Kier molecular flexibility index (Phi) is 5.15. The molecule has 2 bridgehead atoms. The molecule has 1 aliphatic heterocycles. The molecule has 0 radical (unpaired) electrons. The van der Waals surface area contributed by atoms with Crippen LogP contribution < -0.4 is 14.4 Å². The van der Waals surface area contributed by atoms with Crippen LogP contribution in [0.1, 0.15) is 39.2 Å². The molecular weight excluding hydrogens is 394 g/mol. The van der Waals surface area contributed by atoms with Crippen LogP contribution in [0.3, 0.4) is 0 Å². The number of hydrogen-bond acceptors (Lipinski definition) is 6. The molecule has 1 aliphatic carbocycles. The predicted octanol–water partition coefficient (Wildman–Crippen LogP) is 5.38. The third-order valence-electron chi connectivity index (χ3n) is 7.29. The second-order valence-electron chi connectivity index (χ2n) is 9.43. The molecule has 1 saturated heterocycles. The van der Waals surface area contributed by atoms with Crippen LogP contribution in [0.4, 0.5) is 17.1 Å². The molecule has 2 aliphatic rings. The van der Waals surface area contributed by atoms with Gasteiger partial charge in [-0.1, -0.05) is 20.8 Å². The highest BCUT2D eigenvalue weighted by Crippen LogP contribution is 2.59. The Morgan fingerprint density at radius 2 is 1.90 bits per heavy atom. The molecule has 2 fully saturated rings. The van der Waals surface area contributed by atoms with Crippen LogP contribution in [-0.4, -0.2) is 37.9 Å². The number of aliphatic imine (C=N–C) groups is 1. The molecule has 31 heavy (non-hydrogen) atoms. The maximum Gasteiger partial charge on any atom is 0.270 e. The molecule has 2 atom stereocenters. The fourth-order valence-electron chi connectivity index (χ4n) is 5.04. The highest BCUT2D eigenvalue weighted by Gasteiger charge is 2.57. The summed E-state index contributed by atoms with van der Waals surface area (Å²) >= 11 is 0. The zero-order valence-corrected chi connectivity index (χ0v) is 18.7. The van der Waals surface area contributed by atoms with Crippen LogP contribution in [0.25, 0.3) is 0 Å². The van der Waals surface area contributed by atoms with E-state index in [1.54, 1.807) is 38.6 Å². The first kappa shape index (κ1) is 21.2. The number of piperidine rings is 1.